The van der Waals surface area contributed by atoms with Crippen LogP contribution < -0.4 is 5.73 Å². The van der Waals surface area contributed by atoms with E-state index in [0.717, 1.165) is 0 Å². The van der Waals surface area contributed by atoms with Crippen molar-refractivity contribution in [3.8, 4) is 11.4 Å². The first-order chi connectivity index (χ1) is 6.68. The number of hydrogen-bond donors (Lipinski definition) is 1. The SMILES string of the molecule is Cc1nc(-c2cccc(N)c2F)no1. The molecule has 2 aromatic rings. The van der Waals surface area contributed by atoms with E-state index in [-0.39, 0.29) is 17.1 Å². The molecule has 4 nitrogen and oxygen atoms in total. The zero-order chi connectivity index (χ0) is 10.1. The third-order valence-electron chi connectivity index (χ3n) is 1.80. The summed E-state index contributed by atoms with van der Waals surface area (Å²) in [5, 5.41) is 3.61. The van der Waals surface area contributed by atoms with Crippen LogP contribution in [0.25, 0.3) is 11.4 Å². The Morgan fingerprint density at radius 3 is 2.86 bits per heavy atom. The predicted molar refractivity (Wildman–Crippen MR) is 48.8 cm³/mol. The van der Waals surface area contributed by atoms with Gasteiger partial charge in [0.15, 0.2) is 5.82 Å². The summed E-state index contributed by atoms with van der Waals surface area (Å²) in [5.74, 6) is 0.0856. The van der Waals surface area contributed by atoms with E-state index in [4.69, 9.17) is 10.3 Å². The van der Waals surface area contributed by atoms with E-state index in [2.05, 4.69) is 10.1 Å². The van der Waals surface area contributed by atoms with Gasteiger partial charge in [0.1, 0.15) is 0 Å². The van der Waals surface area contributed by atoms with Crippen LogP contribution in [0.4, 0.5) is 10.1 Å². The van der Waals surface area contributed by atoms with Gasteiger partial charge in [-0.25, -0.2) is 4.39 Å². The molecule has 2 N–H and O–H groups in total. The molecule has 0 fully saturated rings. The van der Waals surface area contributed by atoms with Crippen molar-refractivity contribution in [3.63, 3.8) is 0 Å². The molecule has 1 aromatic carbocycles. The Morgan fingerprint density at radius 2 is 2.21 bits per heavy atom. The van der Waals surface area contributed by atoms with Gasteiger partial charge < -0.3 is 10.3 Å². The van der Waals surface area contributed by atoms with Gasteiger partial charge >= 0.3 is 0 Å². The highest BCUT2D eigenvalue weighted by molar-refractivity contribution is 5.61. The van der Waals surface area contributed by atoms with E-state index in [1.807, 2.05) is 0 Å². The molecule has 0 aliphatic rings. The summed E-state index contributed by atoms with van der Waals surface area (Å²) in [6, 6.07) is 4.67. The van der Waals surface area contributed by atoms with Crippen LogP contribution in [0, 0.1) is 12.7 Å². The van der Waals surface area contributed by atoms with E-state index in [1.165, 1.54) is 6.07 Å². The number of rotatable bonds is 1. The minimum atomic E-state index is -0.520. The molecular formula is C9H8FN3O. The lowest BCUT2D eigenvalue weighted by Gasteiger charge is -1.99. The second kappa shape index (κ2) is 3.10. The highest BCUT2D eigenvalue weighted by Gasteiger charge is 2.12. The number of halogens is 1. The highest BCUT2D eigenvalue weighted by atomic mass is 19.1. The van der Waals surface area contributed by atoms with Gasteiger partial charge in [-0.2, -0.15) is 4.98 Å². The van der Waals surface area contributed by atoms with E-state index >= 15 is 0 Å². The molecule has 2 rings (SSSR count). The fourth-order valence-corrected chi connectivity index (χ4v) is 1.13. The molecule has 72 valence electrons. The molecule has 1 heterocycles. The first-order valence-corrected chi connectivity index (χ1v) is 4.03. The van der Waals surface area contributed by atoms with Gasteiger partial charge in [0.2, 0.25) is 11.7 Å². The topological polar surface area (TPSA) is 64.9 Å². The van der Waals surface area contributed by atoms with Crippen LogP contribution in [0.5, 0.6) is 0 Å². The van der Waals surface area contributed by atoms with Crippen molar-refractivity contribution < 1.29 is 8.91 Å². The quantitative estimate of drug-likeness (QED) is 0.701. The van der Waals surface area contributed by atoms with Gasteiger partial charge in [-0.05, 0) is 12.1 Å². The lowest BCUT2D eigenvalue weighted by Crippen LogP contribution is -1.93. The van der Waals surface area contributed by atoms with Gasteiger partial charge in [-0.3, -0.25) is 0 Å². The normalized spacial score (nSPS) is 10.4. The molecule has 0 saturated heterocycles. The monoisotopic (exact) mass is 193 g/mol. The number of benzene rings is 1. The minimum absolute atomic E-state index is 0.0740. The first kappa shape index (κ1) is 8.68. The third kappa shape index (κ3) is 1.32. The molecule has 0 saturated carbocycles. The zero-order valence-corrected chi connectivity index (χ0v) is 7.49. The second-order valence-electron chi connectivity index (χ2n) is 2.85. The molecule has 0 unspecified atom stereocenters. The molecule has 14 heavy (non-hydrogen) atoms. The fraction of sp³-hybridized carbons (Fsp3) is 0.111. The molecule has 0 aliphatic carbocycles. The maximum Gasteiger partial charge on any atom is 0.223 e. The van der Waals surface area contributed by atoms with Crippen molar-refractivity contribution in [2.45, 2.75) is 6.92 Å². The Balaban J connectivity index is 2.57. The molecular weight excluding hydrogens is 185 g/mol. The number of anilines is 1. The summed E-state index contributed by atoms with van der Waals surface area (Å²) in [6.45, 7) is 1.64. The highest BCUT2D eigenvalue weighted by Crippen LogP contribution is 2.23. The van der Waals surface area contributed by atoms with Crippen molar-refractivity contribution in [1.82, 2.24) is 10.1 Å². The van der Waals surface area contributed by atoms with Crippen LogP contribution in [-0.2, 0) is 0 Å². The zero-order valence-electron chi connectivity index (χ0n) is 7.49. The summed E-state index contributed by atoms with van der Waals surface area (Å²) in [6.07, 6.45) is 0. The number of nitrogens with two attached hydrogens (primary N) is 1. The summed E-state index contributed by atoms with van der Waals surface area (Å²) in [5.41, 5.74) is 5.73. The smallest absolute Gasteiger partial charge is 0.223 e. The lowest BCUT2D eigenvalue weighted by atomic mass is 10.2. The molecule has 0 bridgehead atoms. The van der Waals surface area contributed by atoms with E-state index in [1.54, 1.807) is 19.1 Å². The van der Waals surface area contributed by atoms with Crippen LogP contribution in [0.2, 0.25) is 0 Å². The predicted octanol–water partition coefficient (Wildman–Crippen LogP) is 1.77. The number of nitrogens with zero attached hydrogens (tertiary/aromatic N) is 2. The second-order valence-corrected chi connectivity index (χ2v) is 2.85. The van der Waals surface area contributed by atoms with Crippen molar-refractivity contribution in [3.05, 3.63) is 29.9 Å². The van der Waals surface area contributed by atoms with Gasteiger partial charge in [0.25, 0.3) is 0 Å². The van der Waals surface area contributed by atoms with Gasteiger partial charge in [0.05, 0.1) is 11.3 Å². The van der Waals surface area contributed by atoms with E-state index in [0.29, 0.717) is 5.89 Å². The van der Waals surface area contributed by atoms with Gasteiger partial charge in [-0.1, -0.05) is 11.2 Å². The van der Waals surface area contributed by atoms with Crippen LogP contribution in [0.15, 0.2) is 22.7 Å². The Kier molecular flexibility index (Phi) is 1.92. The van der Waals surface area contributed by atoms with Gasteiger partial charge in [0, 0.05) is 6.92 Å². The summed E-state index contributed by atoms with van der Waals surface area (Å²) >= 11 is 0. The van der Waals surface area contributed by atoms with Crippen molar-refractivity contribution in [2.75, 3.05) is 5.73 Å². The number of nitrogen functional groups attached to an aromatic ring is 1. The maximum atomic E-state index is 13.4. The molecule has 0 amide bonds. The molecule has 0 aliphatic heterocycles. The standard InChI is InChI=1S/C9H8FN3O/c1-5-12-9(13-14-5)6-3-2-4-7(11)8(6)10/h2-4H,11H2,1H3. The number of aromatic nitrogens is 2. The Bertz CT molecular complexity index is 467. The van der Waals surface area contributed by atoms with Crippen LogP contribution in [-0.4, -0.2) is 10.1 Å². The van der Waals surface area contributed by atoms with Crippen molar-refractivity contribution >= 4 is 5.69 Å². The first-order valence-electron chi connectivity index (χ1n) is 4.03. The largest absolute Gasteiger partial charge is 0.396 e. The average Bonchev–Trinajstić information content (AvgIpc) is 2.57. The van der Waals surface area contributed by atoms with Crippen molar-refractivity contribution in [2.24, 2.45) is 0 Å². The fourth-order valence-electron chi connectivity index (χ4n) is 1.13. The molecule has 0 radical (unpaired) electrons. The Labute approximate surface area is 79.5 Å². The number of hydrogen-bond acceptors (Lipinski definition) is 4. The number of aryl methyl sites for hydroxylation is 1. The Morgan fingerprint density at radius 1 is 1.43 bits per heavy atom. The molecule has 0 spiro atoms. The van der Waals surface area contributed by atoms with E-state index < -0.39 is 5.82 Å². The maximum absolute atomic E-state index is 13.4. The molecule has 0 atom stereocenters. The summed E-state index contributed by atoms with van der Waals surface area (Å²) < 4.78 is 18.2. The molecule has 5 heteroatoms. The van der Waals surface area contributed by atoms with Gasteiger partial charge in [-0.15, -0.1) is 0 Å². The van der Waals surface area contributed by atoms with E-state index in [9.17, 15) is 4.39 Å². The minimum Gasteiger partial charge on any atom is -0.396 e. The average molecular weight is 193 g/mol. The van der Waals surface area contributed by atoms with Crippen molar-refractivity contribution in [1.29, 1.82) is 0 Å². The van der Waals surface area contributed by atoms with Crippen LogP contribution in [0.3, 0.4) is 0 Å². The van der Waals surface area contributed by atoms with Crippen LogP contribution in [0.1, 0.15) is 5.89 Å². The van der Waals surface area contributed by atoms with Crippen LogP contribution >= 0.6 is 0 Å². The summed E-state index contributed by atoms with van der Waals surface area (Å²) in [7, 11) is 0. The summed E-state index contributed by atoms with van der Waals surface area (Å²) in [4.78, 5) is 3.91. The Hall–Kier alpha value is -1.91. The lowest BCUT2D eigenvalue weighted by molar-refractivity contribution is 0.394. The third-order valence-corrected chi connectivity index (χ3v) is 1.80. The molecule has 1 aromatic heterocycles.